The van der Waals surface area contributed by atoms with Crippen LogP contribution in [0.1, 0.15) is 44.7 Å². The average Bonchev–Trinajstić information content (AvgIpc) is 2.83. The Labute approximate surface area is 139 Å². The quantitative estimate of drug-likeness (QED) is 0.598. The second-order valence-electron chi connectivity index (χ2n) is 6.26. The number of para-hydroxylation sites is 1. The van der Waals surface area contributed by atoms with Crippen molar-refractivity contribution in [3.8, 4) is 0 Å². The lowest BCUT2D eigenvalue weighted by Crippen LogP contribution is -2.05. The highest BCUT2D eigenvalue weighted by Gasteiger charge is 2.22. The van der Waals surface area contributed by atoms with E-state index in [1.54, 1.807) is 0 Å². The SMILES string of the molecule is CC1=CC(c2ccccc2C(C)=Nc2ccccc2)C(C)=C1C. The molecule has 1 aliphatic carbocycles. The van der Waals surface area contributed by atoms with Crippen molar-refractivity contribution in [3.05, 3.63) is 88.5 Å². The van der Waals surface area contributed by atoms with Gasteiger partial charge in [-0.2, -0.15) is 0 Å². The molecule has 1 heteroatoms. The second kappa shape index (κ2) is 6.37. The number of aliphatic imine (C=N–C) groups is 1. The first-order valence-corrected chi connectivity index (χ1v) is 8.13. The minimum absolute atomic E-state index is 0.368. The molecule has 2 aromatic carbocycles. The number of benzene rings is 2. The van der Waals surface area contributed by atoms with Gasteiger partial charge in [0.25, 0.3) is 0 Å². The summed E-state index contributed by atoms with van der Waals surface area (Å²) in [6.07, 6.45) is 2.37. The largest absolute Gasteiger partial charge is 0.253 e. The van der Waals surface area contributed by atoms with Gasteiger partial charge in [0, 0.05) is 11.6 Å². The first kappa shape index (κ1) is 15.5. The van der Waals surface area contributed by atoms with Crippen LogP contribution < -0.4 is 0 Å². The predicted octanol–water partition coefficient (Wildman–Crippen LogP) is 6.21. The summed E-state index contributed by atoms with van der Waals surface area (Å²) in [4.78, 5) is 4.80. The number of allylic oxidation sites excluding steroid dienone is 4. The molecule has 2 aromatic rings. The maximum Gasteiger partial charge on any atom is 0.0633 e. The molecule has 0 radical (unpaired) electrons. The fourth-order valence-corrected chi connectivity index (χ4v) is 3.22. The molecule has 116 valence electrons. The highest BCUT2D eigenvalue weighted by molar-refractivity contribution is 6.01. The van der Waals surface area contributed by atoms with Gasteiger partial charge in [-0.05, 0) is 56.5 Å². The Hall–Kier alpha value is -2.41. The van der Waals surface area contributed by atoms with Gasteiger partial charge in [-0.25, -0.2) is 0 Å². The van der Waals surface area contributed by atoms with E-state index in [9.17, 15) is 0 Å². The zero-order valence-electron chi connectivity index (χ0n) is 14.3. The van der Waals surface area contributed by atoms with Gasteiger partial charge in [-0.15, -0.1) is 0 Å². The lowest BCUT2D eigenvalue weighted by atomic mass is 9.88. The molecule has 0 aromatic heterocycles. The summed E-state index contributed by atoms with van der Waals surface area (Å²) in [5, 5.41) is 0. The first-order chi connectivity index (χ1) is 11.1. The molecule has 1 atom stereocenters. The zero-order chi connectivity index (χ0) is 16.4. The molecule has 1 unspecified atom stereocenters. The lowest BCUT2D eigenvalue weighted by Gasteiger charge is -2.16. The molecule has 0 amide bonds. The highest BCUT2D eigenvalue weighted by Crippen LogP contribution is 2.39. The molecule has 0 heterocycles. The summed E-state index contributed by atoms with van der Waals surface area (Å²) in [6, 6.07) is 18.8. The van der Waals surface area contributed by atoms with E-state index >= 15 is 0 Å². The topological polar surface area (TPSA) is 12.4 Å². The summed E-state index contributed by atoms with van der Waals surface area (Å²) in [7, 11) is 0. The third kappa shape index (κ3) is 3.05. The Morgan fingerprint density at radius 2 is 1.52 bits per heavy atom. The van der Waals surface area contributed by atoms with Crippen LogP contribution in [0.5, 0.6) is 0 Å². The number of hydrogen-bond donors (Lipinski definition) is 0. The summed E-state index contributed by atoms with van der Waals surface area (Å²) in [5.74, 6) is 0.368. The van der Waals surface area contributed by atoms with Crippen LogP contribution in [0.4, 0.5) is 5.69 Å². The van der Waals surface area contributed by atoms with Gasteiger partial charge in [-0.3, -0.25) is 4.99 Å². The maximum absolute atomic E-state index is 4.80. The second-order valence-corrected chi connectivity index (χ2v) is 6.26. The molecule has 0 saturated heterocycles. The molecule has 1 nitrogen and oxygen atoms in total. The van der Waals surface area contributed by atoms with Crippen molar-refractivity contribution in [2.24, 2.45) is 4.99 Å². The van der Waals surface area contributed by atoms with Crippen LogP contribution in [-0.2, 0) is 0 Å². The van der Waals surface area contributed by atoms with Crippen LogP contribution >= 0.6 is 0 Å². The maximum atomic E-state index is 4.80. The third-order valence-electron chi connectivity index (χ3n) is 4.80. The molecule has 0 N–H and O–H groups in total. The molecule has 3 rings (SSSR count). The van der Waals surface area contributed by atoms with Crippen molar-refractivity contribution < 1.29 is 0 Å². The number of rotatable bonds is 3. The Morgan fingerprint density at radius 3 is 2.17 bits per heavy atom. The number of nitrogens with zero attached hydrogens (tertiary/aromatic N) is 1. The van der Waals surface area contributed by atoms with Gasteiger partial charge in [-0.1, -0.05) is 59.7 Å². The summed E-state index contributed by atoms with van der Waals surface area (Å²) < 4.78 is 0. The van der Waals surface area contributed by atoms with Crippen LogP contribution in [0.2, 0.25) is 0 Å². The van der Waals surface area contributed by atoms with Gasteiger partial charge in [0.05, 0.1) is 5.69 Å². The fraction of sp³-hybridized carbons (Fsp3) is 0.227. The molecule has 0 saturated carbocycles. The van der Waals surface area contributed by atoms with E-state index in [-0.39, 0.29) is 0 Å². The number of hydrogen-bond acceptors (Lipinski definition) is 1. The minimum atomic E-state index is 0.368. The van der Waals surface area contributed by atoms with Gasteiger partial charge < -0.3 is 0 Å². The van der Waals surface area contributed by atoms with E-state index in [0.717, 1.165) is 11.4 Å². The minimum Gasteiger partial charge on any atom is -0.253 e. The molecule has 0 aliphatic heterocycles. The lowest BCUT2D eigenvalue weighted by molar-refractivity contribution is 0.998. The third-order valence-corrected chi connectivity index (χ3v) is 4.80. The monoisotopic (exact) mass is 301 g/mol. The van der Waals surface area contributed by atoms with Gasteiger partial charge >= 0.3 is 0 Å². The van der Waals surface area contributed by atoms with Gasteiger partial charge in [0.15, 0.2) is 0 Å². The summed E-state index contributed by atoms with van der Waals surface area (Å²) in [5.41, 5.74) is 8.90. The van der Waals surface area contributed by atoms with E-state index in [2.05, 4.69) is 58.0 Å². The Balaban J connectivity index is 2.05. The zero-order valence-corrected chi connectivity index (χ0v) is 14.3. The fourth-order valence-electron chi connectivity index (χ4n) is 3.22. The standard InChI is InChI=1S/C22H23N/c1-15-14-22(17(3)16(15)2)21-13-9-8-12-20(21)18(4)23-19-10-6-5-7-11-19/h5-14,22H,1-4H3. The van der Waals surface area contributed by atoms with Crippen molar-refractivity contribution >= 4 is 11.4 Å². The average molecular weight is 301 g/mol. The van der Waals surface area contributed by atoms with E-state index in [0.29, 0.717) is 5.92 Å². The molecule has 1 aliphatic rings. The van der Waals surface area contributed by atoms with Crippen molar-refractivity contribution in [2.45, 2.75) is 33.6 Å². The normalized spacial score (nSPS) is 18.3. The summed E-state index contributed by atoms with van der Waals surface area (Å²) >= 11 is 0. The van der Waals surface area contributed by atoms with Crippen molar-refractivity contribution in [1.29, 1.82) is 0 Å². The molecular formula is C22H23N. The highest BCUT2D eigenvalue weighted by atomic mass is 14.7. The molecule has 0 spiro atoms. The Bertz CT molecular complexity index is 807. The van der Waals surface area contributed by atoms with Crippen LogP contribution in [0, 0.1) is 0 Å². The van der Waals surface area contributed by atoms with E-state index in [1.165, 1.54) is 27.8 Å². The van der Waals surface area contributed by atoms with Crippen LogP contribution in [0.15, 0.2) is 82.4 Å². The van der Waals surface area contributed by atoms with Crippen molar-refractivity contribution in [3.63, 3.8) is 0 Å². The van der Waals surface area contributed by atoms with Crippen molar-refractivity contribution in [2.75, 3.05) is 0 Å². The van der Waals surface area contributed by atoms with Crippen LogP contribution in [-0.4, -0.2) is 5.71 Å². The van der Waals surface area contributed by atoms with E-state index in [1.807, 2.05) is 30.3 Å². The van der Waals surface area contributed by atoms with Gasteiger partial charge in [0.1, 0.15) is 0 Å². The molecule has 0 bridgehead atoms. The van der Waals surface area contributed by atoms with E-state index in [4.69, 9.17) is 4.99 Å². The van der Waals surface area contributed by atoms with Gasteiger partial charge in [0.2, 0.25) is 0 Å². The molecule has 23 heavy (non-hydrogen) atoms. The first-order valence-electron chi connectivity index (χ1n) is 8.13. The molecule has 0 fully saturated rings. The van der Waals surface area contributed by atoms with Crippen LogP contribution in [0.25, 0.3) is 0 Å². The van der Waals surface area contributed by atoms with E-state index < -0.39 is 0 Å². The summed E-state index contributed by atoms with van der Waals surface area (Å²) in [6.45, 7) is 8.76. The van der Waals surface area contributed by atoms with Crippen molar-refractivity contribution in [1.82, 2.24) is 0 Å². The van der Waals surface area contributed by atoms with Crippen LogP contribution in [0.3, 0.4) is 0 Å². The Morgan fingerprint density at radius 1 is 0.870 bits per heavy atom. The Kier molecular flexibility index (Phi) is 4.29. The predicted molar refractivity (Wildman–Crippen MR) is 99.6 cm³/mol. The molecular weight excluding hydrogens is 278 g/mol. The smallest absolute Gasteiger partial charge is 0.0633 e.